The highest BCUT2D eigenvalue weighted by atomic mass is 31.0. The molecule has 1 aliphatic rings. The Morgan fingerprint density at radius 3 is 1.62 bits per heavy atom. The van der Waals surface area contributed by atoms with Gasteiger partial charge in [0.2, 0.25) is 0 Å². The van der Waals surface area contributed by atoms with E-state index in [0.29, 0.717) is 11.4 Å². The summed E-state index contributed by atoms with van der Waals surface area (Å²) in [7, 11) is 2.31. The first-order chi connectivity index (χ1) is 15.3. The van der Waals surface area contributed by atoms with Gasteiger partial charge >= 0.3 is 11.9 Å². The van der Waals surface area contributed by atoms with Crippen LogP contribution in [0.4, 0.5) is 13.2 Å². The van der Waals surface area contributed by atoms with Gasteiger partial charge in [-0.05, 0) is 46.8 Å². The van der Waals surface area contributed by atoms with Crippen molar-refractivity contribution in [3.63, 3.8) is 0 Å². The van der Waals surface area contributed by atoms with E-state index in [-0.39, 0.29) is 24.0 Å². The van der Waals surface area contributed by atoms with Crippen LogP contribution in [-0.4, -0.2) is 24.1 Å². The van der Waals surface area contributed by atoms with Gasteiger partial charge in [-0.2, -0.15) is 0 Å². The van der Waals surface area contributed by atoms with Crippen molar-refractivity contribution in [3.05, 3.63) is 100 Å². The summed E-state index contributed by atoms with van der Waals surface area (Å²) in [5.74, 6) is -4.11. The molecule has 4 nitrogen and oxygen atoms in total. The number of halogens is 3. The maximum absolute atomic E-state index is 13.7. The van der Waals surface area contributed by atoms with Gasteiger partial charge in [0.15, 0.2) is 0 Å². The van der Waals surface area contributed by atoms with Gasteiger partial charge in [0.05, 0.1) is 11.1 Å². The van der Waals surface area contributed by atoms with Crippen LogP contribution in [0.25, 0.3) is 0 Å². The lowest BCUT2D eigenvalue weighted by atomic mass is 9.87. The minimum atomic E-state index is -0.938. The Hall–Kier alpha value is -3.18. The van der Waals surface area contributed by atoms with Crippen molar-refractivity contribution in [1.82, 2.24) is 0 Å². The topological polar surface area (TPSA) is 52.6 Å². The predicted octanol–water partition coefficient (Wildman–Crippen LogP) is 4.15. The smallest absolute Gasteiger partial charge is 0.338 e. The van der Waals surface area contributed by atoms with Crippen molar-refractivity contribution in [1.29, 1.82) is 0 Å². The number of benzene rings is 3. The van der Waals surface area contributed by atoms with Gasteiger partial charge in [-0.15, -0.1) is 9.24 Å². The Bertz CT molecular complexity index is 1060. The zero-order chi connectivity index (χ0) is 22.8. The van der Waals surface area contributed by atoms with Gasteiger partial charge in [-0.25, -0.2) is 22.8 Å². The lowest BCUT2D eigenvalue weighted by Crippen LogP contribution is -2.41. The van der Waals surface area contributed by atoms with Crippen LogP contribution in [0.15, 0.2) is 60.7 Å². The van der Waals surface area contributed by atoms with Crippen molar-refractivity contribution in [3.8, 4) is 0 Å². The second-order valence-corrected chi connectivity index (χ2v) is 8.16. The summed E-state index contributed by atoms with van der Waals surface area (Å²) in [5, 5.41) is 0.474. The lowest BCUT2D eigenvalue weighted by Gasteiger charge is -2.32. The van der Waals surface area contributed by atoms with Gasteiger partial charge in [0, 0.05) is 18.9 Å². The summed E-state index contributed by atoms with van der Waals surface area (Å²) < 4.78 is 51.9. The molecule has 32 heavy (non-hydrogen) atoms. The average molecular weight is 458 g/mol. The molecule has 3 aromatic rings. The molecule has 0 saturated carbocycles. The van der Waals surface area contributed by atoms with Crippen LogP contribution in [0.1, 0.15) is 31.8 Å². The molecule has 1 unspecified atom stereocenters. The highest BCUT2D eigenvalue weighted by Crippen LogP contribution is 2.27. The quantitative estimate of drug-likeness (QED) is 0.436. The van der Waals surface area contributed by atoms with E-state index in [2.05, 4.69) is 9.24 Å². The first-order valence-corrected chi connectivity index (χ1v) is 10.4. The van der Waals surface area contributed by atoms with E-state index in [0.717, 1.165) is 29.3 Å². The monoisotopic (exact) mass is 458 g/mol. The number of carbonyl (C=O) groups is 2. The molecule has 0 heterocycles. The van der Waals surface area contributed by atoms with Crippen LogP contribution in [-0.2, 0) is 22.3 Å². The van der Waals surface area contributed by atoms with E-state index in [1.807, 2.05) is 24.3 Å². The van der Waals surface area contributed by atoms with Crippen molar-refractivity contribution in [2.45, 2.75) is 25.0 Å². The largest absolute Gasteiger partial charge is 0.454 e. The third-order valence-electron chi connectivity index (χ3n) is 5.15. The number of carbonyl (C=O) groups excluding carboxylic acids is 2. The van der Waals surface area contributed by atoms with E-state index >= 15 is 0 Å². The van der Waals surface area contributed by atoms with Crippen LogP contribution < -0.4 is 5.30 Å². The molecular formula is C24H18F3O4P. The Balaban J connectivity index is 1.59. The van der Waals surface area contributed by atoms with Gasteiger partial charge < -0.3 is 9.47 Å². The molecule has 164 valence electrons. The third kappa shape index (κ3) is 5.00. The fraction of sp³-hybridized carbons (Fsp3) is 0.167. The average Bonchev–Trinajstić information content (AvgIpc) is 2.72. The number of hydrogen-bond donors (Lipinski definition) is 0. The molecule has 3 atom stereocenters. The normalized spacial score (nSPS) is 17.4. The fourth-order valence-electron chi connectivity index (χ4n) is 3.70. The second kappa shape index (κ2) is 9.13. The van der Waals surface area contributed by atoms with Crippen LogP contribution in [0.3, 0.4) is 0 Å². The third-order valence-corrected chi connectivity index (χ3v) is 5.48. The van der Waals surface area contributed by atoms with Gasteiger partial charge in [0.25, 0.3) is 0 Å². The van der Waals surface area contributed by atoms with Crippen molar-refractivity contribution >= 4 is 26.5 Å². The number of rotatable bonds is 4. The van der Waals surface area contributed by atoms with Crippen LogP contribution >= 0.6 is 9.24 Å². The molecule has 4 rings (SSSR count). The Labute approximate surface area is 184 Å². The number of esters is 2. The molecule has 0 saturated heterocycles. The van der Waals surface area contributed by atoms with Gasteiger partial charge in [-0.1, -0.05) is 24.3 Å². The lowest BCUT2D eigenvalue weighted by molar-refractivity contribution is -0.0389. The standard InChI is InChI=1S/C24H18F3O4P/c25-17-5-15(6-18(26)11-17)23(28)30-21-9-13-3-1-2-4-14(13)10-22(21)31-24(29)16-7-19(27)12-20(32)8-16/h1-8,11-12,21-22H,9-10,32H2/t21-,22+/m1/s1. The summed E-state index contributed by atoms with van der Waals surface area (Å²) in [6.07, 6.45) is -1.25. The first-order valence-electron chi connectivity index (χ1n) is 9.79. The van der Waals surface area contributed by atoms with Gasteiger partial charge in [-0.3, -0.25) is 0 Å². The molecule has 1 aliphatic carbocycles. The minimum absolute atomic E-state index is 0.0196. The molecular weight excluding hydrogens is 440 g/mol. The molecule has 0 fully saturated rings. The highest BCUT2D eigenvalue weighted by Gasteiger charge is 2.35. The molecule has 3 aromatic carbocycles. The first kappa shape index (κ1) is 22.0. The highest BCUT2D eigenvalue weighted by molar-refractivity contribution is 7.27. The molecule has 0 amide bonds. The maximum Gasteiger partial charge on any atom is 0.338 e. The molecule has 8 heteroatoms. The van der Waals surface area contributed by atoms with E-state index in [9.17, 15) is 22.8 Å². The SMILES string of the molecule is O=C(O[C@H]1Cc2ccccc2C[C@H]1OC(=O)c1cc(F)cc(F)c1)c1cc(F)cc(P)c1. The van der Waals surface area contributed by atoms with Crippen LogP contribution in [0, 0.1) is 17.5 Å². The summed E-state index contributed by atoms with van der Waals surface area (Å²) in [4.78, 5) is 25.3. The van der Waals surface area contributed by atoms with Crippen molar-refractivity contribution in [2.75, 3.05) is 0 Å². The van der Waals surface area contributed by atoms with E-state index in [1.54, 1.807) is 0 Å². The van der Waals surface area contributed by atoms with Crippen molar-refractivity contribution < 1.29 is 32.2 Å². The van der Waals surface area contributed by atoms with E-state index in [4.69, 9.17) is 9.47 Å². The molecule has 0 aliphatic heterocycles. The molecule has 0 bridgehead atoms. The van der Waals surface area contributed by atoms with Crippen LogP contribution in [0.2, 0.25) is 0 Å². The minimum Gasteiger partial charge on any atom is -0.454 e. The zero-order valence-electron chi connectivity index (χ0n) is 16.7. The maximum atomic E-state index is 13.7. The van der Waals surface area contributed by atoms with E-state index < -0.39 is 41.6 Å². The number of fused-ring (bicyclic) bond motifs is 1. The second-order valence-electron chi connectivity index (χ2n) is 7.50. The Morgan fingerprint density at radius 1 is 0.719 bits per heavy atom. The molecule has 0 N–H and O–H groups in total. The fourth-order valence-corrected chi connectivity index (χ4v) is 4.04. The van der Waals surface area contributed by atoms with Crippen molar-refractivity contribution in [2.24, 2.45) is 0 Å². The van der Waals surface area contributed by atoms with Gasteiger partial charge in [0.1, 0.15) is 29.7 Å². The summed E-state index contributed by atoms with van der Waals surface area (Å²) in [6.45, 7) is 0. The Kier molecular flexibility index (Phi) is 6.28. The molecule has 0 aromatic heterocycles. The summed E-state index contributed by atoms with van der Waals surface area (Å²) in [5.41, 5.74) is 1.55. The number of ether oxygens (including phenoxy) is 2. The van der Waals surface area contributed by atoms with E-state index in [1.165, 1.54) is 12.1 Å². The predicted molar refractivity (Wildman–Crippen MR) is 114 cm³/mol. The molecule has 0 radical (unpaired) electrons. The Morgan fingerprint density at radius 2 is 1.16 bits per heavy atom. The zero-order valence-corrected chi connectivity index (χ0v) is 17.8. The number of hydrogen-bond acceptors (Lipinski definition) is 4. The summed E-state index contributed by atoms with van der Waals surface area (Å²) in [6, 6.07) is 13.6. The van der Waals surface area contributed by atoms with Crippen LogP contribution in [0.5, 0.6) is 0 Å². The molecule has 0 spiro atoms. The summed E-state index contributed by atoms with van der Waals surface area (Å²) >= 11 is 0.